The van der Waals surface area contributed by atoms with Crippen molar-refractivity contribution in [3.05, 3.63) is 53.1 Å². The first-order valence-corrected chi connectivity index (χ1v) is 9.09. The molecule has 1 atom stereocenters. The molecule has 6 nitrogen and oxygen atoms in total. The van der Waals surface area contributed by atoms with E-state index in [2.05, 4.69) is 5.32 Å². The lowest BCUT2D eigenvalue weighted by Crippen LogP contribution is -2.37. The van der Waals surface area contributed by atoms with Gasteiger partial charge < -0.3 is 19.7 Å². The van der Waals surface area contributed by atoms with E-state index in [0.717, 1.165) is 16.8 Å². The van der Waals surface area contributed by atoms with Crippen LogP contribution in [0.15, 0.2) is 36.4 Å². The molecule has 1 fully saturated rings. The van der Waals surface area contributed by atoms with Crippen LogP contribution in [0.25, 0.3) is 0 Å². The van der Waals surface area contributed by atoms with E-state index in [1.54, 1.807) is 4.90 Å². The number of aryl methyl sites for hydroxylation is 2. The molecule has 2 aliphatic heterocycles. The summed E-state index contributed by atoms with van der Waals surface area (Å²) in [6.07, 6.45) is 0.283. The van der Waals surface area contributed by atoms with Crippen molar-refractivity contribution in [2.45, 2.75) is 26.3 Å². The minimum atomic E-state index is -0.222. The number of benzene rings is 2. The van der Waals surface area contributed by atoms with Gasteiger partial charge in [-0.15, -0.1) is 0 Å². The van der Waals surface area contributed by atoms with Gasteiger partial charge in [-0.3, -0.25) is 9.59 Å². The van der Waals surface area contributed by atoms with E-state index in [1.165, 1.54) is 0 Å². The summed E-state index contributed by atoms with van der Waals surface area (Å²) in [5.41, 5.74) is 3.59. The van der Waals surface area contributed by atoms with Crippen LogP contribution in [0.5, 0.6) is 11.5 Å². The lowest BCUT2D eigenvalue weighted by atomic mass is 10.1. The number of ether oxygens (including phenoxy) is 2. The smallest absolute Gasteiger partial charge is 0.251 e. The molecule has 1 unspecified atom stereocenters. The zero-order chi connectivity index (χ0) is 19.0. The molecular formula is C21H22N2O4. The fourth-order valence-corrected chi connectivity index (χ4v) is 3.41. The Morgan fingerprint density at radius 3 is 2.59 bits per heavy atom. The predicted octanol–water partition coefficient (Wildman–Crippen LogP) is 2.61. The SMILES string of the molecule is Cc1ccc(C(=O)NC2CC(=O)N(c3ccc4c(c3)OCCO4)C2)cc1C. The number of rotatable bonds is 3. The molecule has 0 aromatic heterocycles. The van der Waals surface area contributed by atoms with E-state index in [-0.39, 0.29) is 24.3 Å². The molecule has 4 rings (SSSR count). The summed E-state index contributed by atoms with van der Waals surface area (Å²) in [4.78, 5) is 26.7. The molecule has 1 N–H and O–H groups in total. The fraction of sp³-hybridized carbons (Fsp3) is 0.333. The van der Waals surface area contributed by atoms with Gasteiger partial charge in [0.1, 0.15) is 13.2 Å². The number of carbonyl (C=O) groups excluding carboxylic acids is 2. The summed E-state index contributed by atoms with van der Waals surface area (Å²) >= 11 is 0. The summed E-state index contributed by atoms with van der Waals surface area (Å²) in [5, 5.41) is 2.98. The highest BCUT2D eigenvalue weighted by molar-refractivity contribution is 5.99. The largest absolute Gasteiger partial charge is 0.486 e. The Morgan fingerprint density at radius 2 is 1.81 bits per heavy atom. The molecule has 0 spiro atoms. The van der Waals surface area contributed by atoms with Crippen LogP contribution in [0.3, 0.4) is 0 Å². The molecule has 2 aliphatic rings. The van der Waals surface area contributed by atoms with Crippen LogP contribution in [-0.4, -0.2) is 37.6 Å². The number of carbonyl (C=O) groups is 2. The van der Waals surface area contributed by atoms with Crippen LogP contribution in [0.1, 0.15) is 27.9 Å². The summed E-state index contributed by atoms with van der Waals surface area (Å²) in [6.45, 7) is 5.46. The van der Waals surface area contributed by atoms with Crippen LogP contribution in [0.2, 0.25) is 0 Å². The number of nitrogens with one attached hydrogen (secondary N) is 1. The quantitative estimate of drug-likeness (QED) is 0.907. The van der Waals surface area contributed by atoms with Crippen molar-refractivity contribution < 1.29 is 19.1 Å². The molecule has 0 saturated carbocycles. The van der Waals surface area contributed by atoms with Crippen molar-refractivity contribution in [1.29, 1.82) is 0 Å². The zero-order valence-corrected chi connectivity index (χ0v) is 15.5. The molecule has 27 heavy (non-hydrogen) atoms. The van der Waals surface area contributed by atoms with Gasteiger partial charge in [-0.05, 0) is 49.2 Å². The Balaban J connectivity index is 1.46. The second-order valence-electron chi connectivity index (χ2n) is 7.01. The first-order chi connectivity index (χ1) is 13.0. The minimum absolute atomic E-state index is 0.0166. The van der Waals surface area contributed by atoms with E-state index >= 15 is 0 Å². The summed E-state index contributed by atoms with van der Waals surface area (Å²) in [7, 11) is 0. The molecule has 2 heterocycles. The molecule has 140 valence electrons. The highest BCUT2D eigenvalue weighted by Gasteiger charge is 2.32. The molecule has 2 aromatic carbocycles. The monoisotopic (exact) mass is 366 g/mol. The first kappa shape index (κ1) is 17.4. The van der Waals surface area contributed by atoms with Gasteiger partial charge in [-0.25, -0.2) is 0 Å². The second kappa shape index (κ2) is 6.95. The predicted molar refractivity (Wildman–Crippen MR) is 102 cm³/mol. The van der Waals surface area contributed by atoms with E-state index < -0.39 is 0 Å². The van der Waals surface area contributed by atoms with Gasteiger partial charge in [0, 0.05) is 30.3 Å². The van der Waals surface area contributed by atoms with Crippen molar-refractivity contribution in [2.75, 3.05) is 24.7 Å². The van der Waals surface area contributed by atoms with E-state index in [9.17, 15) is 9.59 Å². The Kier molecular flexibility index (Phi) is 4.48. The number of anilines is 1. The first-order valence-electron chi connectivity index (χ1n) is 9.09. The third-order valence-corrected chi connectivity index (χ3v) is 5.07. The maximum atomic E-state index is 12.5. The highest BCUT2D eigenvalue weighted by atomic mass is 16.6. The topological polar surface area (TPSA) is 67.9 Å². The van der Waals surface area contributed by atoms with Gasteiger partial charge in [0.25, 0.3) is 5.91 Å². The van der Waals surface area contributed by atoms with E-state index in [4.69, 9.17) is 9.47 Å². The van der Waals surface area contributed by atoms with Crippen LogP contribution in [0.4, 0.5) is 5.69 Å². The number of nitrogens with zero attached hydrogens (tertiary/aromatic N) is 1. The third kappa shape index (κ3) is 3.47. The molecule has 0 aliphatic carbocycles. The van der Waals surface area contributed by atoms with Crippen molar-refractivity contribution in [2.24, 2.45) is 0 Å². The summed E-state index contributed by atoms with van der Waals surface area (Å²) < 4.78 is 11.1. The van der Waals surface area contributed by atoms with Crippen LogP contribution >= 0.6 is 0 Å². The van der Waals surface area contributed by atoms with Gasteiger partial charge >= 0.3 is 0 Å². The van der Waals surface area contributed by atoms with Gasteiger partial charge in [0.15, 0.2) is 11.5 Å². The number of hydrogen-bond donors (Lipinski definition) is 1. The number of fused-ring (bicyclic) bond motifs is 1. The lowest BCUT2D eigenvalue weighted by Gasteiger charge is -2.22. The van der Waals surface area contributed by atoms with Gasteiger partial charge in [-0.1, -0.05) is 6.07 Å². The Hall–Kier alpha value is -3.02. The van der Waals surface area contributed by atoms with Crippen LogP contribution in [0, 0.1) is 13.8 Å². The zero-order valence-electron chi connectivity index (χ0n) is 15.5. The van der Waals surface area contributed by atoms with Crippen molar-refractivity contribution in [3.63, 3.8) is 0 Å². The van der Waals surface area contributed by atoms with Gasteiger partial charge in [0.2, 0.25) is 5.91 Å². The minimum Gasteiger partial charge on any atom is -0.486 e. The molecule has 1 saturated heterocycles. The molecule has 2 amide bonds. The molecule has 0 bridgehead atoms. The standard InChI is InChI=1S/C21H22N2O4/c1-13-3-4-15(9-14(13)2)21(25)22-16-10-20(24)23(12-16)17-5-6-18-19(11-17)27-8-7-26-18/h3-6,9,11,16H,7-8,10,12H2,1-2H3,(H,22,25). The molecule has 0 radical (unpaired) electrons. The summed E-state index contributed by atoms with van der Waals surface area (Å²) in [5.74, 6) is 1.17. The summed E-state index contributed by atoms with van der Waals surface area (Å²) in [6, 6.07) is 10.9. The molecule has 2 aromatic rings. The van der Waals surface area contributed by atoms with Gasteiger partial charge in [-0.2, -0.15) is 0 Å². The van der Waals surface area contributed by atoms with Crippen molar-refractivity contribution >= 4 is 17.5 Å². The highest BCUT2D eigenvalue weighted by Crippen LogP contribution is 2.35. The Bertz CT molecular complexity index is 909. The number of amides is 2. The van der Waals surface area contributed by atoms with Crippen molar-refractivity contribution in [3.8, 4) is 11.5 Å². The fourth-order valence-electron chi connectivity index (χ4n) is 3.41. The molecular weight excluding hydrogens is 344 g/mol. The number of hydrogen-bond acceptors (Lipinski definition) is 4. The van der Waals surface area contributed by atoms with Gasteiger partial charge in [0.05, 0.1) is 6.04 Å². The normalized spacial score (nSPS) is 18.5. The maximum Gasteiger partial charge on any atom is 0.251 e. The van der Waals surface area contributed by atoms with Crippen LogP contribution in [-0.2, 0) is 4.79 Å². The van der Waals surface area contributed by atoms with Crippen molar-refractivity contribution in [1.82, 2.24) is 5.32 Å². The van der Waals surface area contributed by atoms with E-state index in [0.29, 0.717) is 36.8 Å². The lowest BCUT2D eigenvalue weighted by molar-refractivity contribution is -0.117. The average Bonchev–Trinajstić information content (AvgIpc) is 3.03. The molecule has 6 heteroatoms. The Morgan fingerprint density at radius 1 is 1.04 bits per heavy atom. The third-order valence-electron chi connectivity index (χ3n) is 5.07. The second-order valence-corrected chi connectivity index (χ2v) is 7.01. The van der Waals surface area contributed by atoms with E-state index in [1.807, 2.05) is 50.2 Å². The van der Waals surface area contributed by atoms with Crippen LogP contribution < -0.4 is 19.7 Å². The average molecular weight is 366 g/mol. The maximum absolute atomic E-state index is 12.5. The Labute approximate surface area is 158 Å².